The van der Waals surface area contributed by atoms with Crippen LogP contribution in [0, 0.1) is 0 Å². The molecule has 7 heteroatoms. The molecule has 0 radical (unpaired) electrons. The zero-order valence-electron chi connectivity index (χ0n) is 14.4. The monoisotopic (exact) mass is 370 g/mol. The van der Waals surface area contributed by atoms with Gasteiger partial charge in [-0.15, -0.1) is 0 Å². The first-order valence-electron chi connectivity index (χ1n) is 7.94. The average molecular weight is 371 g/mol. The molecule has 0 bridgehead atoms. The molecular formula is C19H19ClN4O2. The third-order valence-corrected chi connectivity index (χ3v) is 4.13. The summed E-state index contributed by atoms with van der Waals surface area (Å²) in [5, 5.41) is 0. The Kier molecular flexibility index (Phi) is 5.04. The van der Waals surface area contributed by atoms with Crippen LogP contribution in [0.15, 0.2) is 60.3 Å². The number of methoxy groups -OCH3 is 2. The Balaban J connectivity index is 0.00000196. The topological polar surface area (TPSA) is 79.8 Å². The summed E-state index contributed by atoms with van der Waals surface area (Å²) in [5.41, 5.74) is 5.66. The van der Waals surface area contributed by atoms with E-state index in [1.54, 1.807) is 14.2 Å². The molecule has 6 nitrogen and oxygen atoms in total. The quantitative estimate of drug-likeness (QED) is 0.455. The minimum absolute atomic E-state index is 0. The summed E-state index contributed by atoms with van der Waals surface area (Å²) >= 11 is 0. The number of aromatic amines is 3. The Morgan fingerprint density at radius 3 is 2.31 bits per heavy atom. The third-order valence-electron chi connectivity index (χ3n) is 4.13. The van der Waals surface area contributed by atoms with Gasteiger partial charge in [0.05, 0.1) is 37.4 Å². The van der Waals surface area contributed by atoms with Gasteiger partial charge in [0.2, 0.25) is 11.4 Å². The van der Waals surface area contributed by atoms with Crippen LogP contribution in [0.2, 0.25) is 0 Å². The number of nitrogens with one attached hydrogen (secondary N) is 4. The van der Waals surface area contributed by atoms with Crippen molar-refractivity contribution in [2.24, 2.45) is 0 Å². The molecule has 0 fully saturated rings. The third kappa shape index (κ3) is 3.19. The van der Waals surface area contributed by atoms with Crippen LogP contribution in [0.1, 0.15) is 11.4 Å². The molecule has 1 aliphatic heterocycles. The fourth-order valence-electron chi connectivity index (χ4n) is 2.89. The first-order chi connectivity index (χ1) is 12.3. The summed E-state index contributed by atoms with van der Waals surface area (Å²) in [5.74, 6) is 1.53. The molecule has 4 heterocycles. The predicted molar refractivity (Wildman–Crippen MR) is 96.1 cm³/mol. The van der Waals surface area contributed by atoms with Gasteiger partial charge in [-0.3, -0.25) is 0 Å². The van der Waals surface area contributed by atoms with Gasteiger partial charge in [0.1, 0.15) is 11.4 Å². The van der Waals surface area contributed by atoms with Crippen LogP contribution in [0.4, 0.5) is 0 Å². The molecular weight excluding hydrogens is 352 g/mol. The molecule has 1 aliphatic rings. The van der Waals surface area contributed by atoms with Crippen molar-refractivity contribution in [3.63, 3.8) is 0 Å². The summed E-state index contributed by atoms with van der Waals surface area (Å²) in [4.78, 5) is 13.1. The molecule has 4 N–H and O–H groups in total. The molecule has 4 rings (SSSR count). The molecule has 134 valence electrons. The number of H-pyrrole nitrogens is 3. The van der Waals surface area contributed by atoms with Crippen LogP contribution in [0.25, 0.3) is 17.5 Å². The van der Waals surface area contributed by atoms with E-state index in [0.29, 0.717) is 0 Å². The maximum absolute atomic E-state index is 5.51. The van der Waals surface area contributed by atoms with Crippen molar-refractivity contribution in [3.8, 4) is 17.1 Å². The fraction of sp³-hybridized carbons (Fsp3) is 0.105. The van der Waals surface area contributed by atoms with E-state index < -0.39 is 0 Å². The zero-order chi connectivity index (χ0) is 17.2. The normalized spacial score (nSPS) is 14.8. The molecule has 3 aromatic rings. The Hall–Kier alpha value is -3.12. The summed E-state index contributed by atoms with van der Waals surface area (Å²) in [6, 6.07) is 9.91. The Bertz CT molecular complexity index is 964. The largest absolute Gasteiger partial charge is 1.00 e. The lowest BCUT2D eigenvalue weighted by Crippen LogP contribution is -3.00. The van der Waals surface area contributed by atoms with Crippen molar-refractivity contribution >= 4 is 11.8 Å². The summed E-state index contributed by atoms with van der Waals surface area (Å²) < 4.78 is 11.0. The van der Waals surface area contributed by atoms with Gasteiger partial charge < -0.3 is 36.8 Å². The zero-order valence-corrected chi connectivity index (χ0v) is 15.1. The van der Waals surface area contributed by atoms with Gasteiger partial charge in [-0.2, -0.15) is 0 Å². The van der Waals surface area contributed by atoms with E-state index in [9.17, 15) is 0 Å². The first-order valence-corrected chi connectivity index (χ1v) is 7.94. The maximum Gasteiger partial charge on any atom is 0.248 e. The van der Waals surface area contributed by atoms with Crippen LogP contribution in [0.3, 0.4) is 0 Å². The highest BCUT2D eigenvalue weighted by Crippen LogP contribution is 2.28. The van der Waals surface area contributed by atoms with Crippen molar-refractivity contribution in [1.82, 2.24) is 15.0 Å². The number of halogens is 1. The van der Waals surface area contributed by atoms with Crippen LogP contribution in [-0.2, 0) is 4.74 Å². The molecule has 26 heavy (non-hydrogen) atoms. The minimum Gasteiger partial charge on any atom is -1.00 e. The van der Waals surface area contributed by atoms with Gasteiger partial charge >= 0.3 is 0 Å². The van der Waals surface area contributed by atoms with E-state index in [-0.39, 0.29) is 12.4 Å². The summed E-state index contributed by atoms with van der Waals surface area (Å²) in [7, 11) is 3.32. The minimum atomic E-state index is 0. The van der Waals surface area contributed by atoms with E-state index in [2.05, 4.69) is 19.9 Å². The van der Waals surface area contributed by atoms with Gasteiger partial charge in [-0.25, -0.2) is 4.99 Å². The van der Waals surface area contributed by atoms with Crippen molar-refractivity contribution in [2.45, 2.75) is 0 Å². The molecule has 0 aliphatic carbocycles. The number of hydrogen-bond acceptors (Lipinski definition) is 2. The Morgan fingerprint density at radius 2 is 1.69 bits per heavy atom. The van der Waals surface area contributed by atoms with Crippen LogP contribution < -0.4 is 22.1 Å². The molecule has 3 aromatic heterocycles. The van der Waals surface area contributed by atoms with E-state index in [0.717, 1.165) is 45.7 Å². The first kappa shape index (κ1) is 17.7. The number of allylic oxidation sites excluding steroid dienone is 1. The smallest absolute Gasteiger partial charge is 0.248 e. The van der Waals surface area contributed by atoms with Gasteiger partial charge in [0, 0.05) is 24.5 Å². The van der Waals surface area contributed by atoms with Crippen LogP contribution in [0.5, 0.6) is 5.75 Å². The number of hydrogen-bond donors (Lipinski definition) is 4. The second-order valence-electron chi connectivity index (χ2n) is 5.64. The van der Waals surface area contributed by atoms with Crippen molar-refractivity contribution < 1.29 is 26.9 Å². The Labute approximate surface area is 157 Å². The highest BCUT2D eigenvalue weighted by Gasteiger charge is 2.25. The summed E-state index contributed by atoms with van der Waals surface area (Å²) in [6.07, 6.45) is 7.74. The summed E-state index contributed by atoms with van der Waals surface area (Å²) in [6.45, 7) is 0. The molecule has 0 saturated carbocycles. The van der Waals surface area contributed by atoms with E-state index in [1.165, 1.54) is 0 Å². The molecule has 0 atom stereocenters. The second-order valence-corrected chi connectivity index (χ2v) is 5.64. The average Bonchev–Trinajstić information content (AvgIpc) is 3.40. The van der Waals surface area contributed by atoms with E-state index >= 15 is 0 Å². The highest BCUT2D eigenvalue weighted by atomic mass is 35.5. The predicted octanol–water partition coefficient (Wildman–Crippen LogP) is -1.19. The highest BCUT2D eigenvalue weighted by molar-refractivity contribution is 6.05. The van der Waals surface area contributed by atoms with Crippen LogP contribution in [-0.4, -0.2) is 34.9 Å². The number of rotatable bonds is 5. The molecule has 0 saturated heterocycles. The standard InChI is InChI=1S/C19H18N4O2.ClH/c1-24-18-10-14(12-5-3-7-20-12)22-16(18)9-17-19(25-2)11-15(23-17)13-6-4-8-21-13;/h3-11,20-22H,1-2H3;1H/b17-9+;. The fourth-order valence-corrected chi connectivity index (χ4v) is 2.89. The van der Waals surface area contributed by atoms with Crippen molar-refractivity contribution in [3.05, 3.63) is 71.6 Å². The molecule has 0 aromatic carbocycles. The second kappa shape index (κ2) is 7.41. The lowest BCUT2D eigenvalue weighted by Gasteiger charge is -1.98. The van der Waals surface area contributed by atoms with Gasteiger partial charge in [-0.1, -0.05) is 0 Å². The SMILES string of the molecule is COC1=CC(c2ccc[nH]2)=[NH+]/C1=C/c1[nH]c(-c2ccc[nH]2)cc1OC.[Cl-]. The van der Waals surface area contributed by atoms with Crippen LogP contribution >= 0.6 is 0 Å². The number of ether oxygens (including phenoxy) is 2. The van der Waals surface area contributed by atoms with Crippen molar-refractivity contribution in [2.75, 3.05) is 14.2 Å². The van der Waals surface area contributed by atoms with Gasteiger partial charge in [0.15, 0.2) is 5.76 Å². The molecule has 0 spiro atoms. The lowest BCUT2D eigenvalue weighted by atomic mass is 10.2. The number of aromatic nitrogens is 3. The lowest BCUT2D eigenvalue weighted by molar-refractivity contribution is -0.388. The molecule has 0 unspecified atom stereocenters. The van der Waals surface area contributed by atoms with Gasteiger partial charge in [-0.05, 0) is 24.3 Å². The molecule has 0 amide bonds. The Morgan fingerprint density at radius 1 is 0.962 bits per heavy atom. The van der Waals surface area contributed by atoms with E-state index in [4.69, 9.17) is 9.47 Å². The van der Waals surface area contributed by atoms with Crippen molar-refractivity contribution in [1.29, 1.82) is 0 Å². The maximum atomic E-state index is 5.51. The van der Waals surface area contributed by atoms with E-state index in [1.807, 2.05) is 54.9 Å². The van der Waals surface area contributed by atoms with Gasteiger partial charge in [0.25, 0.3) is 0 Å².